The Bertz CT molecular complexity index is 382. The number of hydrogen-bond donors (Lipinski definition) is 0. The van der Waals surface area contributed by atoms with Crippen molar-refractivity contribution in [1.29, 1.82) is 0 Å². The standard InChI is InChI=1S/C10H13NO7/c1-2-16-9(13)8(11(14)15)5-3-6(12)10-17-4-7(5)18-10/h5,7-8,10H,2-4H2,1H3/t5-,7-,8?,10-/m0/s1. The van der Waals surface area contributed by atoms with Crippen molar-refractivity contribution in [3.8, 4) is 0 Å². The van der Waals surface area contributed by atoms with Crippen LogP contribution < -0.4 is 0 Å². The maximum Gasteiger partial charge on any atom is 0.382 e. The van der Waals surface area contributed by atoms with E-state index in [1.807, 2.05) is 0 Å². The maximum atomic E-state index is 11.6. The number of rotatable bonds is 4. The molecule has 18 heavy (non-hydrogen) atoms. The predicted octanol–water partition coefficient (Wildman–Crippen LogP) is -0.475. The van der Waals surface area contributed by atoms with Crippen LogP contribution in [0.2, 0.25) is 0 Å². The topological polar surface area (TPSA) is 105 Å². The molecule has 2 bridgehead atoms. The fraction of sp³-hybridized carbons (Fsp3) is 0.800. The molecule has 0 saturated carbocycles. The Morgan fingerprint density at radius 1 is 1.67 bits per heavy atom. The molecular weight excluding hydrogens is 246 g/mol. The Hall–Kier alpha value is -1.54. The number of hydrogen-bond acceptors (Lipinski definition) is 7. The lowest BCUT2D eigenvalue weighted by atomic mass is 9.88. The Balaban J connectivity index is 2.17. The largest absolute Gasteiger partial charge is 0.461 e. The summed E-state index contributed by atoms with van der Waals surface area (Å²) in [5.41, 5.74) is 0. The first-order chi connectivity index (χ1) is 8.54. The molecule has 2 aliphatic heterocycles. The van der Waals surface area contributed by atoms with E-state index in [-0.39, 0.29) is 25.4 Å². The molecule has 0 N–H and O–H groups in total. The number of nitrogens with zero attached hydrogens (tertiary/aromatic N) is 1. The third kappa shape index (κ3) is 2.21. The summed E-state index contributed by atoms with van der Waals surface area (Å²) in [6, 6.07) is -1.58. The highest BCUT2D eigenvalue weighted by atomic mass is 16.7. The van der Waals surface area contributed by atoms with Gasteiger partial charge in [-0.05, 0) is 6.92 Å². The normalized spacial score (nSPS) is 32.1. The minimum absolute atomic E-state index is 0.0501. The number of fused-ring (bicyclic) bond motifs is 2. The number of carbonyl (C=O) groups is 2. The number of ether oxygens (including phenoxy) is 3. The molecule has 2 saturated heterocycles. The first-order valence-corrected chi connectivity index (χ1v) is 5.64. The molecule has 0 radical (unpaired) electrons. The second kappa shape index (κ2) is 4.99. The van der Waals surface area contributed by atoms with E-state index in [0.29, 0.717) is 0 Å². The van der Waals surface area contributed by atoms with E-state index in [2.05, 4.69) is 4.74 Å². The van der Waals surface area contributed by atoms with Crippen LogP contribution in [0.25, 0.3) is 0 Å². The Kier molecular flexibility index (Phi) is 3.58. The number of esters is 1. The molecule has 2 rings (SSSR count). The van der Waals surface area contributed by atoms with Gasteiger partial charge in [0.15, 0.2) is 5.78 Å². The monoisotopic (exact) mass is 259 g/mol. The van der Waals surface area contributed by atoms with Crippen LogP contribution in [0.1, 0.15) is 13.3 Å². The zero-order chi connectivity index (χ0) is 13.3. The van der Waals surface area contributed by atoms with Crippen LogP contribution in [0.5, 0.6) is 0 Å². The lowest BCUT2D eigenvalue weighted by molar-refractivity contribution is -0.522. The summed E-state index contributed by atoms with van der Waals surface area (Å²) in [4.78, 5) is 33.4. The molecule has 8 heteroatoms. The van der Waals surface area contributed by atoms with E-state index in [4.69, 9.17) is 9.47 Å². The molecule has 0 aromatic rings. The van der Waals surface area contributed by atoms with Gasteiger partial charge in [0.2, 0.25) is 6.29 Å². The molecule has 0 amide bonds. The predicted molar refractivity (Wildman–Crippen MR) is 55.1 cm³/mol. The van der Waals surface area contributed by atoms with Gasteiger partial charge in [0, 0.05) is 11.3 Å². The van der Waals surface area contributed by atoms with Gasteiger partial charge in [0.05, 0.1) is 25.2 Å². The van der Waals surface area contributed by atoms with E-state index in [9.17, 15) is 19.7 Å². The quantitative estimate of drug-likeness (QED) is 0.381. The SMILES string of the molecule is CCOC(=O)C([C@H]1CC(=O)[C@H]2OC[C@@H]1O2)[N+](=O)[O-]. The minimum Gasteiger partial charge on any atom is -0.461 e. The first kappa shape index (κ1) is 12.9. The van der Waals surface area contributed by atoms with Crippen molar-refractivity contribution in [3.63, 3.8) is 0 Å². The third-order valence-corrected chi connectivity index (χ3v) is 3.05. The van der Waals surface area contributed by atoms with Crippen LogP contribution in [-0.4, -0.2) is 48.3 Å². The summed E-state index contributed by atoms with van der Waals surface area (Å²) < 4.78 is 14.9. The Labute approximate surface area is 102 Å². The highest BCUT2D eigenvalue weighted by Gasteiger charge is 2.53. The van der Waals surface area contributed by atoms with E-state index in [0.717, 1.165) is 0 Å². The lowest BCUT2D eigenvalue weighted by Crippen LogP contribution is -2.48. The van der Waals surface area contributed by atoms with Crippen LogP contribution in [0.3, 0.4) is 0 Å². The highest BCUT2D eigenvalue weighted by Crippen LogP contribution is 2.32. The molecule has 0 aromatic heterocycles. The van der Waals surface area contributed by atoms with Crippen molar-refractivity contribution in [1.82, 2.24) is 0 Å². The van der Waals surface area contributed by atoms with Gasteiger partial charge in [0.1, 0.15) is 0 Å². The number of Topliss-reactive ketones (excluding diaryl/α,β-unsaturated/α-hetero) is 1. The van der Waals surface area contributed by atoms with Crippen molar-refractivity contribution < 1.29 is 28.7 Å². The highest BCUT2D eigenvalue weighted by molar-refractivity contribution is 5.84. The van der Waals surface area contributed by atoms with Crippen LogP contribution in [0.4, 0.5) is 0 Å². The first-order valence-electron chi connectivity index (χ1n) is 5.64. The lowest BCUT2D eigenvalue weighted by Gasteiger charge is -2.27. The van der Waals surface area contributed by atoms with E-state index < -0.39 is 35.2 Å². The van der Waals surface area contributed by atoms with Gasteiger partial charge >= 0.3 is 12.0 Å². The summed E-state index contributed by atoms with van der Waals surface area (Å²) in [7, 11) is 0. The zero-order valence-corrected chi connectivity index (χ0v) is 9.74. The molecule has 4 atom stereocenters. The average Bonchev–Trinajstić information content (AvgIpc) is 2.71. The number of carbonyl (C=O) groups excluding carboxylic acids is 2. The van der Waals surface area contributed by atoms with Gasteiger partial charge in [-0.1, -0.05) is 0 Å². The third-order valence-electron chi connectivity index (χ3n) is 3.05. The summed E-state index contributed by atoms with van der Waals surface area (Å²) in [5.74, 6) is -2.13. The molecule has 2 aliphatic rings. The van der Waals surface area contributed by atoms with Crippen molar-refractivity contribution in [3.05, 3.63) is 10.1 Å². The summed E-state index contributed by atoms with van der Waals surface area (Å²) in [6.45, 7) is 1.70. The zero-order valence-electron chi connectivity index (χ0n) is 9.74. The molecule has 0 spiro atoms. The second-order valence-corrected chi connectivity index (χ2v) is 4.16. The van der Waals surface area contributed by atoms with E-state index in [1.165, 1.54) is 0 Å². The van der Waals surface area contributed by atoms with Crippen molar-refractivity contribution in [2.45, 2.75) is 31.8 Å². The van der Waals surface area contributed by atoms with Crippen molar-refractivity contribution in [2.75, 3.05) is 13.2 Å². The average molecular weight is 259 g/mol. The van der Waals surface area contributed by atoms with Crippen LogP contribution >= 0.6 is 0 Å². The minimum atomic E-state index is -1.58. The number of ketones is 1. The smallest absolute Gasteiger partial charge is 0.382 e. The molecule has 0 aliphatic carbocycles. The van der Waals surface area contributed by atoms with Crippen molar-refractivity contribution in [2.24, 2.45) is 5.92 Å². The molecule has 0 aromatic carbocycles. The van der Waals surface area contributed by atoms with Gasteiger partial charge < -0.3 is 14.2 Å². The molecule has 2 heterocycles. The molecule has 1 unspecified atom stereocenters. The summed E-state index contributed by atoms with van der Waals surface area (Å²) in [6.07, 6.45) is -1.63. The molecule has 8 nitrogen and oxygen atoms in total. The van der Waals surface area contributed by atoms with Gasteiger partial charge in [-0.2, -0.15) is 0 Å². The number of nitro groups is 1. The Morgan fingerprint density at radius 3 is 3.00 bits per heavy atom. The molecule has 100 valence electrons. The van der Waals surface area contributed by atoms with Gasteiger partial charge in [0.25, 0.3) is 0 Å². The van der Waals surface area contributed by atoms with Crippen LogP contribution in [-0.2, 0) is 23.8 Å². The van der Waals surface area contributed by atoms with Crippen molar-refractivity contribution >= 4 is 11.8 Å². The maximum absolute atomic E-state index is 11.6. The summed E-state index contributed by atoms with van der Waals surface area (Å²) in [5, 5.41) is 11.0. The van der Waals surface area contributed by atoms with E-state index >= 15 is 0 Å². The Morgan fingerprint density at radius 2 is 2.39 bits per heavy atom. The summed E-state index contributed by atoms with van der Waals surface area (Å²) >= 11 is 0. The van der Waals surface area contributed by atoms with Gasteiger partial charge in [-0.25, -0.2) is 4.79 Å². The fourth-order valence-corrected chi connectivity index (χ4v) is 2.23. The van der Waals surface area contributed by atoms with E-state index in [1.54, 1.807) is 6.92 Å². The van der Waals surface area contributed by atoms with Crippen LogP contribution in [0, 0.1) is 16.0 Å². The second-order valence-electron chi connectivity index (χ2n) is 4.16. The van der Waals surface area contributed by atoms with Crippen LogP contribution in [0.15, 0.2) is 0 Å². The molecular formula is C10H13NO7. The van der Waals surface area contributed by atoms with Gasteiger partial charge in [-0.15, -0.1) is 0 Å². The van der Waals surface area contributed by atoms with Gasteiger partial charge in [-0.3, -0.25) is 14.9 Å². The fourth-order valence-electron chi connectivity index (χ4n) is 2.23. The molecule has 2 fully saturated rings.